The third-order valence-electron chi connectivity index (χ3n) is 4.10. The summed E-state index contributed by atoms with van der Waals surface area (Å²) in [6.45, 7) is 8.46. The number of hydrogen-bond acceptors (Lipinski definition) is 4. The Morgan fingerprint density at radius 2 is 2.09 bits per heavy atom. The van der Waals surface area contributed by atoms with Crippen LogP contribution >= 0.6 is 0 Å². The molecule has 0 saturated heterocycles. The van der Waals surface area contributed by atoms with Crippen LogP contribution in [0.4, 0.5) is 0 Å². The van der Waals surface area contributed by atoms with Gasteiger partial charge in [0, 0.05) is 30.9 Å². The van der Waals surface area contributed by atoms with Crippen molar-refractivity contribution in [2.45, 2.75) is 33.5 Å². The van der Waals surface area contributed by atoms with Gasteiger partial charge in [0.2, 0.25) is 0 Å². The summed E-state index contributed by atoms with van der Waals surface area (Å²) in [6.07, 6.45) is 0. The molecule has 1 aromatic heterocycles. The quantitative estimate of drug-likeness (QED) is 0.937. The van der Waals surface area contributed by atoms with Crippen molar-refractivity contribution in [3.05, 3.63) is 46.8 Å². The second kappa shape index (κ2) is 6.50. The maximum Gasteiger partial charge on any atom is 0.123 e. The van der Waals surface area contributed by atoms with Gasteiger partial charge in [0.1, 0.15) is 12.4 Å². The molecule has 0 atom stereocenters. The van der Waals surface area contributed by atoms with Gasteiger partial charge < -0.3 is 9.84 Å². The number of fused-ring (bicyclic) bond motifs is 1. The van der Waals surface area contributed by atoms with E-state index in [0.717, 1.165) is 48.7 Å². The summed E-state index contributed by atoms with van der Waals surface area (Å²) in [5.41, 5.74) is 4.35. The molecule has 0 amide bonds. The summed E-state index contributed by atoms with van der Waals surface area (Å²) in [5, 5.41) is 13.8. The zero-order chi connectivity index (χ0) is 15.5. The van der Waals surface area contributed by atoms with Gasteiger partial charge in [-0.2, -0.15) is 5.10 Å². The predicted octanol–water partition coefficient (Wildman–Crippen LogP) is 1.89. The van der Waals surface area contributed by atoms with Gasteiger partial charge in [-0.25, -0.2) is 0 Å². The third-order valence-corrected chi connectivity index (χ3v) is 4.10. The molecule has 5 nitrogen and oxygen atoms in total. The number of aliphatic hydroxyl groups is 1. The Bertz CT molecular complexity index is 651. The average molecular weight is 301 g/mol. The molecule has 2 heterocycles. The van der Waals surface area contributed by atoms with Gasteiger partial charge in [-0.3, -0.25) is 9.58 Å². The van der Waals surface area contributed by atoms with Crippen LogP contribution in [0.5, 0.6) is 5.75 Å². The van der Waals surface area contributed by atoms with Crippen LogP contribution < -0.4 is 4.74 Å². The Morgan fingerprint density at radius 3 is 2.82 bits per heavy atom. The van der Waals surface area contributed by atoms with E-state index in [0.29, 0.717) is 6.61 Å². The zero-order valence-electron chi connectivity index (χ0n) is 13.2. The molecule has 0 spiro atoms. The maximum absolute atomic E-state index is 9.29. The summed E-state index contributed by atoms with van der Waals surface area (Å²) in [4.78, 5) is 2.38. The molecule has 22 heavy (non-hydrogen) atoms. The Kier molecular flexibility index (Phi) is 4.45. The fourth-order valence-corrected chi connectivity index (χ4v) is 2.93. The highest BCUT2D eigenvalue weighted by molar-refractivity contribution is 5.37. The van der Waals surface area contributed by atoms with Gasteiger partial charge in [0.15, 0.2) is 0 Å². The molecule has 1 aliphatic rings. The van der Waals surface area contributed by atoms with E-state index >= 15 is 0 Å². The highest BCUT2D eigenvalue weighted by atomic mass is 16.5. The fourth-order valence-electron chi connectivity index (χ4n) is 2.93. The first kappa shape index (κ1) is 15.1. The highest BCUT2D eigenvalue weighted by Gasteiger charge is 2.16. The van der Waals surface area contributed by atoms with Crippen molar-refractivity contribution in [2.75, 3.05) is 19.7 Å². The van der Waals surface area contributed by atoms with Gasteiger partial charge in [-0.15, -0.1) is 0 Å². The van der Waals surface area contributed by atoms with E-state index in [1.807, 2.05) is 25.1 Å². The highest BCUT2D eigenvalue weighted by Crippen LogP contribution is 2.24. The molecule has 0 radical (unpaired) electrons. The largest absolute Gasteiger partial charge is 0.492 e. The van der Waals surface area contributed by atoms with Crippen molar-refractivity contribution in [2.24, 2.45) is 0 Å². The van der Waals surface area contributed by atoms with E-state index in [1.165, 1.54) is 5.69 Å². The Balaban J connectivity index is 1.68. The predicted molar refractivity (Wildman–Crippen MR) is 84.8 cm³/mol. The van der Waals surface area contributed by atoms with Crippen molar-refractivity contribution in [3.63, 3.8) is 0 Å². The van der Waals surface area contributed by atoms with E-state index in [4.69, 9.17) is 4.74 Å². The molecular formula is C17H23N3O2. The Morgan fingerprint density at radius 1 is 1.23 bits per heavy atom. The molecule has 0 saturated carbocycles. The van der Waals surface area contributed by atoms with Gasteiger partial charge in [0.25, 0.3) is 0 Å². The SMILES string of the molecule is Cc1cc(C)n(CCN2CCOc3ccc(CO)cc3C2)n1. The molecule has 3 rings (SSSR count). The summed E-state index contributed by atoms with van der Waals surface area (Å²) < 4.78 is 7.87. The lowest BCUT2D eigenvalue weighted by Gasteiger charge is -2.19. The molecule has 1 N–H and O–H groups in total. The standard InChI is InChI=1S/C17H23N3O2/c1-13-9-14(2)20(18-13)6-5-19-7-8-22-17-4-3-15(12-21)10-16(17)11-19/h3-4,9-10,21H,5-8,11-12H2,1-2H3. The van der Waals surface area contributed by atoms with Crippen molar-refractivity contribution in [1.29, 1.82) is 0 Å². The molecule has 1 aromatic carbocycles. The van der Waals surface area contributed by atoms with E-state index in [1.54, 1.807) is 0 Å². The summed E-state index contributed by atoms with van der Waals surface area (Å²) >= 11 is 0. The van der Waals surface area contributed by atoms with Crippen LogP contribution in [0.3, 0.4) is 0 Å². The van der Waals surface area contributed by atoms with Crippen molar-refractivity contribution >= 4 is 0 Å². The number of aromatic nitrogens is 2. The normalized spacial score (nSPS) is 15.2. The van der Waals surface area contributed by atoms with Crippen molar-refractivity contribution in [3.8, 4) is 5.75 Å². The molecule has 0 bridgehead atoms. The van der Waals surface area contributed by atoms with Crippen LogP contribution in [0.15, 0.2) is 24.3 Å². The van der Waals surface area contributed by atoms with Crippen LogP contribution in [0.1, 0.15) is 22.5 Å². The smallest absolute Gasteiger partial charge is 0.123 e. The van der Waals surface area contributed by atoms with Crippen LogP contribution in [-0.2, 0) is 19.7 Å². The monoisotopic (exact) mass is 301 g/mol. The molecule has 0 aliphatic carbocycles. The average Bonchev–Trinajstić information content (AvgIpc) is 2.72. The first-order chi connectivity index (χ1) is 10.7. The molecule has 2 aromatic rings. The first-order valence-electron chi connectivity index (χ1n) is 7.74. The second-order valence-electron chi connectivity index (χ2n) is 5.88. The minimum absolute atomic E-state index is 0.0685. The number of nitrogens with zero attached hydrogens (tertiary/aromatic N) is 3. The van der Waals surface area contributed by atoms with E-state index in [-0.39, 0.29) is 6.61 Å². The summed E-state index contributed by atoms with van der Waals surface area (Å²) in [7, 11) is 0. The molecule has 5 heteroatoms. The second-order valence-corrected chi connectivity index (χ2v) is 5.88. The maximum atomic E-state index is 9.29. The minimum atomic E-state index is 0.0685. The first-order valence-corrected chi connectivity index (χ1v) is 7.74. The number of aryl methyl sites for hydroxylation is 2. The Labute approximate surface area is 131 Å². The number of ether oxygens (including phenoxy) is 1. The van der Waals surface area contributed by atoms with Crippen LogP contribution in [0, 0.1) is 13.8 Å². The minimum Gasteiger partial charge on any atom is -0.492 e. The van der Waals surface area contributed by atoms with Crippen molar-refractivity contribution in [1.82, 2.24) is 14.7 Å². The zero-order valence-corrected chi connectivity index (χ0v) is 13.2. The van der Waals surface area contributed by atoms with Gasteiger partial charge >= 0.3 is 0 Å². The summed E-state index contributed by atoms with van der Waals surface area (Å²) in [5.74, 6) is 0.936. The molecular weight excluding hydrogens is 278 g/mol. The van der Waals surface area contributed by atoms with Crippen LogP contribution in [-0.4, -0.2) is 39.5 Å². The molecule has 118 valence electrons. The topological polar surface area (TPSA) is 50.5 Å². The molecule has 0 fully saturated rings. The number of aliphatic hydroxyl groups excluding tert-OH is 1. The number of hydrogen-bond donors (Lipinski definition) is 1. The van der Waals surface area contributed by atoms with Crippen LogP contribution in [0.2, 0.25) is 0 Å². The summed E-state index contributed by atoms with van der Waals surface area (Å²) in [6, 6.07) is 8.03. The fraction of sp³-hybridized carbons (Fsp3) is 0.471. The lowest BCUT2D eigenvalue weighted by atomic mass is 10.1. The van der Waals surface area contributed by atoms with Crippen LogP contribution in [0.25, 0.3) is 0 Å². The number of rotatable bonds is 4. The van der Waals surface area contributed by atoms with Crippen molar-refractivity contribution < 1.29 is 9.84 Å². The van der Waals surface area contributed by atoms with E-state index in [9.17, 15) is 5.11 Å². The van der Waals surface area contributed by atoms with E-state index < -0.39 is 0 Å². The Hall–Kier alpha value is -1.85. The third kappa shape index (κ3) is 3.31. The van der Waals surface area contributed by atoms with Gasteiger partial charge in [-0.05, 0) is 37.6 Å². The number of benzene rings is 1. The lowest BCUT2D eigenvalue weighted by molar-refractivity contribution is 0.216. The lowest BCUT2D eigenvalue weighted by Crippen LogP contribution is -2.29. The molecule has 0 unspecified atom stereocenters. The van der Waals surface area contributed by atoms with Gasteiger partial charge in [-0.1, -0.05) is 6.07 Å². The molecule has 1 aliphatic heterocycles. The van der Waals surface area contributed by atoms with Gasteiger partial charge in [0.05, 0.1) is 18.8 Å². The van der Waals surface area contributed by atoms with E-state index in [2.05, 4.69) is 27.7 Å².